The fraction of sp³-hybridized carbons (Fsp3) is 0.875. The second kappa shape index (κ2) is 8.22. The Bertz CT molecular complexity index is 870. The number of fused-ring (bicyclic) bond motifs is 1. The van der Waals surface area contributed by atoms with Gasteiger partial charge in [-0.05, 0) is 19.3 Å². The summed E-state index contributed by atoms with van der Waals surface area (Å²) in [6.07, 6.45) is -4.54. The largest absolute Gasteiger partial charge is 0.323 e. The molecule has 0 spiro atoms. The zero-order valence-electron chi connectivity index (χ0n) is 16.2. The molecule has 6 atom stereocenters. The van der Waals surface area contributed by atoms with Crippen molar-refractivity contribution in [3.63, 3.8) is 0 Å². The van der Waals surface area contributed by atoms with E-state index in [4.69, 9.17) is 5.26 Å². The standard InChI is InChI=1S/C16H22F4N6O3S2/c17-7-16(1-2-16)24-31(28,29)11-6-10-9(5-8(11)18)25(4-3-21)15(27)26(10)14-23-22-13(30-14)12(19)20/h8-14,22-24H,1-2,4-7H2. The van der Waals surface area contributed by atoms with Gasteiger partial charge < -0.3 is 4.90 Å². The summed E-state index contributed by atoms with van der Waals surface area (Å²) in [5.41, 5.74) is 2.84. The number of amides is 2. The molecule has 2 aliphatic carbocycles. The third kappa shape index (κ3) is 4.08. The van der Waals surface area contributed by atoms with Crippen LogP contribution in [0.4, 0.5) is 22.4 Å². The first-order valence-electron chi connectivity index (χ1n) is 9.76. The van der Waals surface area contributed by atoms with Crippen LogP contribution < -0.4 is 15.6 Å². The average Bonchev–Trinajstić information content (AvgIpc) is 3.19. The Kier molecular flexibility index (Phi) is 6.05. The fourth-order valence-corrected chi connectivity index (χ4v) is 7.42. The molecule has 4 fully saturated rings. The van der Waals surface area contributed by atoms with Crippen molar-refractivity contribution >= 4 is 27.8 Å². The summed E-state index contributed by atoms with van der Waals surface area (Å²) in [5.74, 6) is 0. The molecule has 0 aromatic rings. The maximum atomic E-state index is 15.0. The lowest BCUT2D eigenvalue weighted by molar-refractivity contribution is 0.120. The summed E-state index contributed by atoms with van der Waals surface area (Å²) < 4.78 is 82.3. The first-order valence-corrected chi connectivity index (χ1v) is 12.2. The SMILES string of the molecule is N#CCN1C(=O)N(C2NNC(C(F)F)S2)C2CC(S(=O)(=O)NC3(CF)CC3)C(F)CC21. The van der Waals surface area contributed by atoms with E-state index in [1.807, 2.05) is 6.07 Å². The van der Waals surface area contributed by atoms with Crippen molar-refractivity contribution in [2.24, 2.45) is 0 Å². The summed E-state index contributed by atoms with van der Waals surface area (Å²) in [4.78, 5) is 15.3. The zero-order chi connectivity index (χ0) is 22.6. The lowest BCUT2D eigenvalue weighted by atomic mass is 9.88. The lowest BCUT2D eigenvalue weighted by Crippen LogP contribution is -2.57. The van der Waals surface area contributed by atoms with Crippen LogP contribution in [-0.4, -0.2) is 83.8 Å². The van der Waals surface area contributed by atoms with E-state index in [-0.39, 0.29) is 19.4 Å². The van der Waals surface area contributed by atoms with Crippen LogP contribution in [0.25, 0.3) is 0 Å². The van der Waals surface area contributed by atoms with Crippen LogP contribution in [0.1, 0.15) is 25.7 Å². The number of nitriles is 1. The van der Waals surface area contributed by atoms with Crippen LogP contribution in [0.3, 0.4) is 0 Å². The molecule has 15 heteroatoms. The van der Waals surface area contributed by atoms with Crippen LogP contribution in [0.15, 0.2) is 0 Å². The molecule has 0 bridgehead atoms. The van der Waals surface area contributed by atoms with E-state index in [0.29, 0.717) is 12.8 Å². The third-order valence-corrected chi connectivity index (χ3v) is 9.45. The van der Waals surface area contributed by atoms with E-state index in [9.17, 15) is 26.4 Å². The summed E-state index contributed by atoms with van der Waals surface area (Å²) in [5, 5.41) is 6.26. The minimum atomic E-state index is -4.25. The Hall–Kier alpha value is -1.34. The highest BCUT2D eigenvalue weighted by atomic mass is 32.2. The first kappa shape index (κ1) is 22.8. The van der Waals surface area contributed by atoms with Gasteiger partial charge in [-0.2, -0.15) is 5.26 Å². The number of nitrogens with zero attached hydrogens (tertiary/aromatic N) is 3. The molecular formula is C16H22F4N6O3S2. The van der Waals surface area contributed by atoms with Gasteiger partial charge in [0, 0.05) is 6.42 Å². The van der Waals surface area contributed by atoms with Crippen molar-refractivity contribution < 1.29 is 30.8 Å². The van der Waals surface area contributed by atoms with Crippen molar-refractivity contribution in [3.05, 3.63) is 0 Å². The zero-order valence-corrected chi connectivity index (χ0v) is 17.8. The number of alkyl halides is 4. The molecule has 174 valence electrons. The molecule has 4 aliphatic rings. The number of thioether (sulfide) groups is 1. The molecule has 0 radical (unpaired) electrons. The predicted molar refractivity (Wildman–Crippen MR) is 102 cm³/mol. The second-order valence-corrected chi connectivity index (χ2v) is 11.4. The number of nitrogens with one attached hydrogen (secondary N) is 3. The number of hydrogen-bond acceptors (Lipinski definition) is 7. The van der Waals surface area contributed by atoms with Gasteiger partial charge in [0.05, 0.1) is 23.7 Å². The maximum Gasteiger partial charge on any atom is 0.323 e. The average molecular weight is 487 g/mol. The van der Waals surface area contributed by atoms with E-state index in [1.54, 1.807) is 0 Å². The van der Waals surface area contributed by atoms with Gasteiger partial charge in [-0.1, -0.05) is 11.8 Å². The van der Waals surface area contributed by atoms with Gasteiger partial charge in [0.2, 0.25) is 10.0 Å². The van der Waals surface area contributed by atoms with Crippen molar-refractivity contribution in [3.8, 4) is 6.07 Å². The molecular weight excluding hydrogens is 464 g/mol. The van der Waals surface area contributed by atoms with Crippen LogP contribution >= 0.6 is 11.8 Å². The molecule has 31 heavy (non-hydrogen) atoms. The summed E-state index contributed by atoms with van der Waals surface area (Å²) in [7, 11) is -4.25. The second-order valence-electron chi connectivity index (χ2n) is 8.23. The highest BCUT2D eigenvalue weighted by Crippen LogP contribution is 2.43. The molecule has 0 aromatic carbocycles. The quantitative estimate of drug-likeness (QED) is 0.357. The minimum absolute atomic E-state index is 0.296. The lowest BCUT2D eigenvalue weighted by Gasteiger charge is -2.39. The van der Waals surface area contributed by atoms with E-state index >= 15 is 4.39 Å². The van der Waals surface area contributed by atoms with E-state index in [1.165, 1.54) is 4.90 Å². The van der Waals surface area contributed by atoms with Crippen molar-refractivity contribution in [2.45, 2.75) is 72.0 Å². The third-order valence-electron chi connectivity index (χ3n) is 6.23. The number of carbonyl (C=O) groups is 1. The molecule has 9 nitrogen and oxygen atoms in total. The predicted octanol–water partition coefficient (Wildman–Crippen LogP) is 0.623. The van der Waals surface area contributed by atoms with Crippen LogP contribution in [0, 0.1) is 11.3 Å². The molecule has 2 heterocycles. The highest BCUT2D eigenvalue weighted by Gasteiger charge is 2.58. The molecule has 3 N–H and O–H groups in total. The van der Waals surface area contributed by atoms with E-state index in [0.717, 1.165) is 16.7 Å². The Morgan fingerprint density at radius 1 is 1.29 bits per heavy atom. The van der Waals surface area contributed by atoms with E-state index in [2.05, 4.69) is 15.6 Å². The van der Waals surface area contributed by atoms with Gasteiger partial charge >= 0.3 is 6.03 Å². The Balaban J connectivity index is 1.58. The number of hydrazine groups is 1. The number of urea groups is 1. The number of hydrogen-bond donors (Lipinski definition) is 3. The monoisotopic (exact) mass is 486 g/mol. The Morgan fingerprint density at radius 2 is 2.00 bits per heavy atom. The molecule has 2 amide bonds. The van der Waals surface area contributed by atoms with Gasteiger partial charge in [0.1, 0.15) is 35.5 Å². The highest BCUT2D eigenvalue weighted by molar-refractivity contribution is 8.00. The van der Waals surface area contributed by atoms with Crippen LogP contribution in [-0.2, 0) is 10.0 Å². The topological polar surface area (TPSA) is 118 Å². The fourth-order valence-electron chi connectivity index (χ4n) is 4.41. The Labute approximate surface area is 180 Å². The number of rotatable bonds is 7. The van der Waals surface area contributed by atoms with E-state index < -0.39 is 69.1 Å². The van der Waals surface area contributed by atoms with Crippen molar-refractivity contribution in [1.82, 2.24) is 25.4 Å². The van der Waals surface area contributed by atoms with Crippen LogP contribution in [0.5, 0.6) is 0 Å². The van der Waals surface area contributed by atoms with Gasteiger partial charge in [-0.15, -0.1) is 0 Å². The summed E-state index contributed by atoms with van der Waals surface area (Å²) >= 11 is 0.744. The Morgan fingerprint density at radius 3 is 2.55 bits per heavy atom. The molecule has 0 aromatic heterocycles. The summed E-state index contributed by atoms with van der Waals surface area (Å²) in [6.45, 7) is -1.24. The first-order chi connectivity index (χ1) is 14.6. The van der Waals surface area contributed by atoms with Crippen molar-refractivity contribution in [2.75, 3.05) is 13.2 Å². The molecule has 2 saturated heterocycles. The normalized spacial score (nSPS) is 37.2. The van der Waals surface area contributed by atoms with Gasteiger partial charge in [0.15, 0.2) is 0 Å². The van der Waals surface area contributed by atoms with Crippen molar-refractivity contribution in [1.29, 1.82) is 5.26 Å². The molecule has 4 rings (SSSR count). The molecule has 2 saturated carbocycles. The van der Waals surface area contributed by atoms with Gasteiger partial charge in [-0.25, -0.2) is 46.3 Å². The molecule has 2 aliphatic heterocycles. The minimum Gasteiger partial charge on any atom is -0.306 e. The molecule has 6 unspecified atom stereocenters. The summed E-state index contributed by atoms with van der Waals surface area (Å²) in [6, 6.07) is -0.420. The van der Waals surface area contributed by atoms with Gasteiger partial charge in [-0.3, -0.25) is 4.90 Å². The number of sulfonamides is 1. The number of carbonyl (C=O) groups excluding carboxylic acids is 1. The smallest absolute Gasteiger partial charge is 0.306 e. The number of halogens is 4. The van der Waals surface area contributed by atoms with Crippen LogP contribution in [0.2, 0.25) is 0 Å². The van der Waals surface area contributed by atoms with Gasteiger partial charge in [0.25, 0.3) is 6.43 Å². The maximum absolute atomic E-state index is 15.0.